The summed E-state index contributed by atoms with van der Waals surface area (Å²) >= 11 is 0. The molecule has 1 aliphatic carbocycles. The Hall–Kier alpha value is -0.650. The molecule has 0 aromatic carbocycles. The van der Waals surface area contributed by atoms with Gasteiger partial charge in [0.05, 0.1) is 13.2 Å². The fraction of sp³-hybridized carbons (Fsp3) is 0.917. The molecule has 0 aromatic heterocycles. The van der Waals surface area contributed by atoms with Crippen molar-refractivity contribution in [3.8, 4) is 0 Å². The molecule has 1 saturated heterocycles. The Bertz CT molecular complexity index is 293. The molecule has 98 valence electrons. The monoisotopic (exact) mass is 242 g/mol. The molecule has 1 heterocycles. The third-order valence-corrected chi connectivity index (χ3v) is 3.92. The van der Waals surface area contributed by atoms with E-state index in [0.717, 1.165) is 32.4 Å². The van der Waals surface area contributed by atoms with Gasteiger partial charge in [-0.3, -0.25) is 9.69 Å². The summed E-state index contributed by atoms with van der Waals surface area (Å²) < 4.78 is 10.2. The van der Waals surface area contributed by atoms with Crippen LogP contribution in [-0.4, -0.2) is 56.4 Å². The lowest BCUT2D eigenvalue weighted by molar-refractivity contribution is -0.148. The highest BCUT2D eigenvalue weighted by Crippen LogP contribution is 2.39. The Balaban J connectivity index is 1.96. The largest absolute Gasteiger partial charge is 0.468 e. The van der Waals surface area contributed by atoms with Crippen LogP contribution in [0.1, 0.15) is 19.3 Å². The van der Waals surface area contributed by atoms with Crippen molar-refractivity contribution in [1.29, 1.82) is 0 Å². The third kappa shape index (κ3) is 2.61. The smallest absolute Gasteiger partial charge is 0.327 e. The molecule has 2 fully saturated rings. The molecule has 0 aromatic rings. The average molecular weight is 242 g/mol. The van der Waals surface area contributed by atoms with Crippen molar-refractivity contribution in [3.63, 3.8) is 0 Å². The zero-order valence-electron chi connectivity index (χ0n) is 10.6. The highest BCUT2D eigenvalue weighted by molar-refractivity contribution is 5.81. The molecule has 17 heavy (non-hydrogen) atoms. The summed E-state index contributed by atoms with van der Waals surface area (Å²) in [7, 11) is 3.14. The predicted octanol–water partition coefficient (Wildman–Crippen LogP) is -0.0124. The van der Waals surface area contributed by atoms with Crippen LogP contribution >= 0.6 is 0 Å². The molecule has 5 heteroatoms. The number of ether oxygens (including phenoxy) is 2. The zero-order valence-corrected chi connectivity index (χ0v) is 10.6. The number of nitrogens with two attached hydrogens (primary N) is 1. The zero-order chi connectivity index (χ0) is 12.5. The van der Waals surface area contributed by atoms with Crippen molar-refractivity contribution in [2.45, 2.75) is 30.9 Å². The third-order valence-electron chi connectivity index (χ3n) is 3.92. The second-order valence-corrected chi connectivity index (χ2v) is 5.19. The summed E-state index contributed by atoms with van der Waals surface area (Å²) in [6, 6.07) is 0. The van der Waals surface area contributed by atoms with Crippen molar-refractivity contribution in [3.05, 3.63) is 0 Å². The van der Waals surface area contributed by atoms with Gasteiger partial charge in [-0.15, -0.1) is 0 Å². The number of esters is 1. The van der Waals surface area contributed by atoms with E-state index in [1.54, 1.807) is 7.11 Å². The molecule has 0 radical (unpaired) electrons. The van der Waals surface area contributed by atoms with Crippen LogP contribution in [0.15, 0.2) is 0 Å². The number of methoxy groups -OCH3 is 2. The minimum atomic E-state index is -0.822. The number of likely N-dealkylation sites (tertiary alicyclic amines) is 1. The SMILES string of the molecule is COC(=O)C(N)(CN1CCC(OC)C1)C1CC1. The first-order chi connectivity index (χ1) is 8.10. The number of hydrogen-bond donors (Lipinski definition) is 1. The van der Waals surface area contributed by atoms with Gasteiger partial charge in [-0.2, -0.15) is 0 Å². The van der Waals surface area contributed by atoms with E-state index < -0.39 is 5.54 Å². The van der Waals surface area contributed by atoms with Gasteiger partial charge in [0.15, 0.2) is 0 Å². The maximum atomic E-state index is 11.8. The van der Waals surface area contributed by atoms with Crippen molar-refractivity contribution in [1.82, 2.24) is 4.90 Å². The Morgan fingerprint density at radius 1 is 1.41 bits per heavy atom. The number of hydrogen-bond acceptors (Lipinski definition) is 5. The maximum Gasteiger partial charge on any atom is 0.327 e. The topological polar surface area (TPSA) is 64.8 Å². The van der Waals surface area contributed by atoms with E-state index in [9.17, 15) is 4.79 Å². The molecular formula is C12H22N2O3. The van der Waals surface area contributed by atoms with Gasteiger partial charge in [0.2, 0.25) is 0 Å². The highest BCUT2D eigenvalue weighted by atomic mass is 16.5. The summed E-state index contributed by atoms with van der Waals surface area (Å²) in [5, 5.41) is 0. The van der Waals surface area contributed by atoms with E-state index in [2.05, 4.69) is 4.90 Å². The first-order valence-electron chi connectivity index (χ1n) is 6.22. The average Bonchev–Trinajstić information content (AvgIpc) is 3.10. The van der Waals surface area contributed by atoms with Crippen LogP contribution in [0, 0.1) is 5.92 Å². The first kappa shape index (κ1) is 12.8. The predicted molar refractivity (Wildman–Crippen MR) is 63.5 cm³/mol. The molecule has 0 amide bonds. The quantitative estimate of drug-likeness (QED) is 0.687. The normalized spacial score (nSPS) is 29.0. The molecular weight excluding hydrogens is 220 g/mol. The van der Waals surface area contributed by atoms with Gasteiger partial charge >= 0.3 is 5.97 Å². The van der Waals surface area contributed by atoms with E-state index >= 15 is 0 Å². The summed E-state index contributed by atoms with van der Waals surface area (Å²) in [6.07, 6.45) is 3.36. The molecule has 2 unspecified atom stereocenters. The second-order valence-electron chi connectivity index (χ2n) is 5.19. The van der Waals surface area contributed by atoms with Crippen LogP contribution in [0.5, 0.6) is 0 Å². The van der Waals surface area contributed by atoms with E-state index in [0.29, 0.717) is 6.54 Å². The number of nitrogens with zero attached hydrogens (tertiary/aromatic N) is 1. The van der Waals surface area contributed by atoms with Crippen LogP contribution in [0.25, 0.3) is 0 Å². The lowest BCUT2D eigenvalue weighted by Gasteiger charge is -2.31. The Kier molecular flexibility index (Phi) is 3.70. The van der Waals surface area contributed by atoms with Gasteiger partial charge in [0.1, 0.15) is 5.54 Å². The highest BCUT2D eigenvalue weighted by Gasteiger charge is 2.50. The van der Waals surface area contributed by atoms with E-state index in [4.69, 9.17) is 15.2 Å². The maximum absolute atomic E-state index is 11.8. The molecule has 2 aliphatic rings. The lowest BCUT2D eigenvalue weighted by Crippen LogP contribution is -2.58. The van der Waals surface area contributed by atoms with Crippen molar-refractivity contribution < 1.29 is 14.3 Å². The van der Waals surface area contributed by atoms with Gasteiger partial charge in [-0.05, 0) is 25.2 Å². The van der Waals surface area contributed by atoms with E-state index in [1.807, 2.05) is 0 Å². The molecule has 1 saturated carbocycles. The van der Waals surface area contributed by atoms with Crippen LogP contribution in [0.2, 0.25) is 0 Å². The minimum Gasteiger partial charge on any atom is -0.468 e. The minimum absolute atomic E-state index is 0.274. The second kappa shape index (κ2) is 4.92. The molecule has 0 bridgehead atoms. The van der Waals surface area contributed by atoms with Crippen molar-refractivity contribution >= 4 is 5.97 Å². The molecule has 0 spiro atoms. The molecule has 5 nitrogen and oxygen atoms in total. The Labute approximate surface area is 102 Å². The van der Waals surface area contributed by atoms with Crippen molar-refractivity contribution in [2.75, 3.05) is 33.9 Å². The summed E-state index contributed by atoms with van der Waals surface area (Å²) in [5.41, 5.74) is 5.45. The lowest BCUT2D eigenvalue weighted by atomic mass is 9.94. The van der Waals surface area contributed by atoms with Gasteiger partial charge in [-0.1, -0.05) is 0 Å². The summed E-state index contributed by atoms with van der Waals surface area (Å²) in [6.45, 7) is 2.39. The Morgan fingerprint density at radius 3 is 2.59 bits per heavy atom. The van der Waals surface area contributed by atoms with Crippen LogP contribution in [0.4, 0.5) is 0 Å². The van der Waals surface area contributed by atoms with Gasteiger partial charge in [0, 0.05) is 26.7 Å². The van der Waals surface area contributed by atoms with Gasteiger partial charge < -0.3 is 15.2 Å². The van der Waals surface area contributed by atoms with Crippen LogP contribution in [-0.2, 0) is 14.3 Å². The van der Waals surface area contributed by atoms with Gasteiger partial charge in [-0.25, -0.2) is 0 Å². The van der Waals surface area contributed by atoms with Gasteiger partial charge in [0.25, 0.3) is 0 Å². The first-order valence-corrected chi connectivity index (χ1v) is 6.22. The van der Waals surface area contributed by atoms with Crippen LogP contribution < -0.4 is 5.73 Å². The summed E-state index contributed by atoms with van der Waals surface area (Å²) in [4.78, 5) is 14.1. The molecule has 2 rings (SSSR count). The van der Waals surface area contributed by atoms with Crippen LogP contribution in [0.3, 0.4) is 0 Å². The van der Waals surface area contributed by atoms with E-state index in [1.165, 1.54) is 7.11 Å². The Morgan fingerprint density at radius 2 is 2.12 bits per heavy atom. The number of rotatable bonds is 5. The fourth-order valence-electron chi connectivity index (χ4n) is 2.65. The summed E-state index contributed by atoms with van der Waals surface area (Å²) in [5.74, 6) is 0.0115. The molecule has 2 atom stereocenters. The number of carbonyl (C=O) groups is 1. The fourth-order valence-corrected chi connectivity index (χ4v) is 2.65. The van der Waals surface area contributed by atoms with Crippen molar-refractivity contribution in [2.24, 2.45) is 11.7 Å². The molecule has 2 N–H and O–H groups in total. The van der Waals surface area contributed by atoms with E-state index in [-0.39, 0.29) is 18.0 Å². The standard InChI is InChI=1S/C12H22N2O3/c1-16-10-5-6-14(7-10)8-12(13,9-3-4-9)11(15)17-2/h9-10H,3-8,13H2,1-2H3. The molecule has 1 aliphatic heterocycles. The number of carbonyl (C=O) groups excluding carboxylic acids is 1.